The number of rotatable bonds is 3. The van der Waals surface area contributed by atoms with Crippen molar-refractivity contribution in [2.75, 3.05) is 18.0 Å². The molecule has 1 aromatic rings. The van der Waals surface area contributed by atoms with Crippen LogP contribution in [0.1, 0.15) is 20.3 Å². The maximum absolute atomic E-state index is 11.6. The van der Waals surface area contributed by atoms with E-state index in [4.69, 9.17) is 5.11 Å². The summed E-state index contributed by atoms with van der Waals surface area (Å²) in [6, 6.07) is 9.45. The number of hydrogen-bond acceptors (Lipinski definition) is 3. The lowest BCUT2D eigenvalue weighted by atomic mass is 9.98. The zero-order valence-corrected chi connectivity index (χ0v) is 11.8. The Kier molecular flexibility index (Phi) is 4.27. The maximum Gasteiger partial charge on any atom is 0.305 e. The van der Waals surface area contributed by atoms with Crippen LogP contribution in [0.4, 0.5) is 5.69 Å². The van der Waals surface area contributed by atoms with Crippen LogP contribution in [0, 0.1) is 0 Å². The van der Waals surface area contributed by atoms with Crippen molar-refractivity contribution in [3.05, 3.63) is 30.3 Å². The van der Waals surface area contributed by atoms with Crippen LogP contribution in [-0.2, 0) is 9.59 Å². The number of hydrogen-bond donors (Lipinski definition) is 1. The van der Waals surface area contributed by atoms with Crippen LogP contribution in [0.3, 0.4) is 0 Å². The average Bonchev–Trinajstić information content (AvgIpc) is 2.41. The topological polar surface area (TPSA) is 60.9 Å². The molecule has 1 aromatic carbocycles. The third-order valence-electron chi connectivity index (χ3n) is 3.91. The van der Waals surface area contributed by atoms with Crippen molar-refractivity contribution >= 4 is 17.6 Å². The normalized spacial score (nSPS) is 22.7. The van der Waals surface area contributed by atoms with Gasteiger partial charge < -0.3 is 14.9 Å². The van der Waals surface area contributed by atoms with Gasteiger partial charge in [-0.2, -0.15) is 0 Å². The van der Waals surface area contributed by atoms with Crippen LogP contribution in [0.2, 0.25) is 0 Å². The highest BCUT2D eigenvalue weighted by Gasteiger charge is 2.36. The number of carbonyl (C=O) groups excluding carboxylic acids is 1. The van der Waals surface area contributed by atoms with Crippen LogP contribution in [0.15, 0.2) is 30.3 Å². The van der Waals surface area contributed by atoms with E-state index in [1.54, 1.807) is 4.90 Å². The Labute approximate surface area is 118 Å². The SMILES string of the molecule is CC(=O)N1CCN(c2ccccc2)[C@H](CC(=O)O)[C@@H]1C. The molecule has 0 unspecified atom stereocenters. The van der Waals surface area contributed by atoms with Crippen LogP contribution in [-0.4, -0.2) is 47.1 Å². The predicted molar refractivity (Wildman–Crippen MR) is 76.7 cm³/mol. The first-order valence-corrected chi connectivity index (χ1v) is 6.81. The van der Waals surface area contributed by atoms with E-state index in [0.29, 0.717) is 13.1 Å². The molecular formula is C15H20N2O3. The molecule has 108 valence electrons. The number of carboxylic acids is 1. The second kappa shape index (κ2) is 5.94. The molecule has 1 aliphatic heterocycles. The second-order valence-corrected chi connectivity index (χ2v) is 5.15. The molecule has 0 bridgehead atoms. The third-order valence-corrected chi connectivity index (χ3v) is 3.91. The van der Waals surface area contributed by atoms with E-state index in [2.05, 4.69) is 4.90 Å². The molecule has 0 radical (unpaired) electrons. The van der Waals surface area contributed by atoms with Gasteiger partial charge in [0.1, 0.15) is 0 Å². The summed E-state index contributed by atoms with van der Waals surface area (Å²) < 4.78 is 0. The minimum atomic E-state index is -0.840. The summed E-state index contributed by atoms with van der Waals surface area (Å²) in [5.74, 6) is -0.839. The molecule has 1 N–H and O–H groups in total. The summed E-state index contributed by atoms with van der Waals surface area (Å²) in [7, 11) is 0. The standard InChI is InChI=1S/C15H20N2O3/c1-11-14(10-15(19)20)17(9-8-16(11)12(2)18)13-6-4-3-5-7-13/h3-7,11,14H,8-10H2,1-2H3,(H,19,20)/t11-,14+/m0/s1. The molecule has 1 saturated heterocycles. The summed E-state index contributed by atoms with van der Waals surface area (Å²) in [5.41, 5.74) is 1.01. The van der Waals surface area contributed by atoms with Gasteiger partial charge in [0.15, 0.2) is 0 Å². The zero-order chi connectivity index (χ0) is 14.7. The number of amides is 1. The Hall–Kier alpha value is -2.04. The Morgan fingerprint density at radius 1 is 1.25 bits per heavy atom. The minimum absolute atomic E-state index is 0.000556. The molecular weight excluding hydrogens is 256 g/mol. The van der Waals surface area contributed by atoms with E-state index < -0.39 is 5.97 Å². The molecule has 1 aliphatic rings. The van der Waals surface area contributed by atoms with Crippen molar-refractivity contribution in [3.8, 4) is 0 Å². The summed E-state index contributed by atoms with van der Waals surface area (Å²) in [6.07, 6.45) is 0.0276. The quantitative estimate of drug-likeness (QED) is 0.910. The average molecular weight is 276 g/mol. The van der Waals surface area contributed by atoms with Crippen molar-refractivity contribution in [3.63, 3.8) is 0 Å². The lowest BCUT2D eigenvalue weighted by molar-refractivity contribution is -0.140. The van der Waals surface area contributed by atoms with Crippen molar-refractivity contribution in [2.45, 2.75) is 32.4 Å². The fourth-order valence-corrected chi connectivity index (χ4v) is 2.90. The Morgan fingerprint density at radius 3 is 2.45 bits per heavy atom. The highest BCUT2D eigenvalue weighted by molar-refractivity contribution is 5.75. The van der Waals surface area contributed by atoms with Crippen LogP contribution < -0.4 is 4.90 Å². The summed E-state index contributed by atoms with van der Waals surface area (Å²) in [4.78, 5) is 26.6. The lowest BCUT2D eigenvalue weighted by Gasteiger charge is -2.46. The summed E-state index contributed by atoms with van der Waals surface area (Å²) >= 11 is 0. The number of aliphatic carboxylic acids is 1. The van der Waals surface area contributed by atoms with Crippen molar-refractivity contribution in [1.82, 2.24) is 4.90 Å². The molecule has 0 aliphatic carbocycles. The fraction of sp³-hybridized carbons (Fsp3) is 0.467. The van der Waals surface area contributed by atoms with Gasteiger partial charge in [0.2, 0.25) is 5.91 Å². The van der Waals surface area contributed by atoms with Crippen molar-refractivity contribution in [1.29, 1.82) is 0 Å². The molecule has 0 aromatic heterocycles. The monoisotopic (exact) mass is 276 g/mol. The third kappa shape index (κ3) is 2.92. The lowest BCUT2D eigenvalue weighted by Crippen LogP contribution is -2.60. The zero-order valence-electron chi connectivity index (χ0n) is 11.8. The van der Waals surface area contributed by atoms with E-state index in [1.807, 2.05) is 37.3 Å². The highest BCUT2D eigenvalue weighted by atomic mass is 16.4. The van der Waals surface area contributed by atoms with E-state index in [-0.39, 0.29) is 24.4 Å². The summed E-state index contributed by atoms with van der Waals surface area (Å²) in [5, 5.41) is 9.14. The van der Waals surface area contributed by atoms with Gasteiger partial charge in [-0.1, -0.05) is 18.2 Å². The molecule has 5 heteroatoms. The molecule has 1 amide bonds. The first-order valence-electron chi connectivity index (χ1n) is 6.81. The van der Waals surface area contributed by atoms with E-state index in [9.17, 15) is 9.59 Å². The van der Waals surface area contributed by atoms with Crippen molar-refractivity contribution < 1.29 is 14.7 Å². The van der Waals surface area contributed by atoms with E-state index in [1.165, 1.54) is 6.92 Å². The van der Waals surface area contributed by atoms with E-state index in [0.717, 1.165) is 5.69 Å². The first-order chi connectivity index (χ1) is 9.50. The van der Waals surface area contributed by atoms with Gasteiger partial charge in [0, 0.05) is 31.7 Å². The highest BCUT2D eigenvalue weighted by Crippen LogP contribution is 2.26. The maximum atomic E-state index is 11.6. The van der Waals surface area contributed by atoms with Crippen LogP contribution in [0.5, 0.6) is 0 Å². The molecule has 20 heavy (non-hydrogen) atoms. The number of carboxylic acid groups (broad SMARTS) is 1. The van der Waals surface area contributed by atoms with Crippen LogP contribution in [0.25, 0.3) is 0 Å². The number of piperazine rings is 1. The fourth-order valence-electron chi connectivity index (χ4n) is 2.90. The van der Waals surface area contributed by atoms with Gasteiger partial charge >= 0.3 is 5.97 Å². The Balaban J connectivity index is 2.27. The Bertz CT molecular complexity index is 489. The number of anilines is 1. The number of benzene rings is 1. The number of para-hydroxylation sites is 1. The molecule has 1 fully saturated rings. The molecule has 1 heterocycles. The molecule has 0 saturated carbocycles. The molecule has 2 rings (SSSR count). The molecule has 0 spiro atoms. The number of nitrogens with zero attached hydrogens (tertiary/aromatic N) is 2. The Morgan fingerprint density at radius 2 is 1.90 bits per heavy atom. The van der Waals surface area contributed by atoms with Crippen molar-refractivity contribution in [2.24, 2.45) is 0 Å². The predicted octanol–water partition coefficient (Wildman–Crippen LogP) is 1.59. The smallest absolute Gasteiger partial charge is 0.305 e. The van der Waals surface area contributed by atoms with Gasteiger partial charge in [-0.15, -0.1) is 0 Å². The molecule has 5 nitrogen and oxygen atoms in total. The first kappa shape index (κ1) is 14.4. The molecule has 2 atom stereocenters. The largest absolute Gasteiger partial charge is 0.481 e. The van der Waals surface area contributed by atoms with Gasteiger partial charge in [0.25, 0.3) is 0 Å². The van der Waals surface area contributed by atoms with Gasteiger partial charge in [-0.05, 0) is 19.1 Å². The second-order valence-electron chi connectivity index (χ2n) is 5.15. The van der Waals surface area contributed by atoms with Crippen LogP contribution >= 0.6 is 0 Å². The van der Waals surface area contributed by atoms with Gasteiger partial charge in [-0.3, -0.25) is 9.59 Å². The van der Waals surface area contributed by atoms with Gasteiger partial charge in [0.05, 0.1) is 12.5 Å². The van der Waals surface area contributed by atoms with Gasteiger partial charge in [-0.25, -0.2) is 0 Å². The summed E-state index contributed by atoms with van der Waals surface area (Å²) in [6.45, 7) is 4.74. The van der Waals surface area contributed by atoms with E-state index >= 15 is 0 Å². The number of carbonyl (C=O) groups is 2. The minimum Gasteiger partial charge on any atom is -0.481 e.